The Labute approximate surface area is 229 Å². The number of aromatic nitrogens is 2. The molecule has 3 heterocycles. The fraction of sp³-hybridized carbons (Fsp3) is 0.414. The summed E-state index contributed by atoms with van der Waals surface area (Å²) in [5.74, 6) is -1.84. The van der Waals surface area contributed by atoms with Crippen molar-refractivity contribution in [3.8, 4) is 5.75 Å². The lowest BCUT2D eigenvalue weighted by molar-refractivity contribution is -0.169. The molecule has 2 N–H and O–H groups in total. The number of hydrogen-bond acceptors (Lipinski definition) is 5. The molecule has 1 aromatic heterocycles. The number of aryl methyl sites for hydroxylation is 1. The van der Waals surface area contributed by atoms with Crippen molar-refractivity contribution in [2.24, 2.45) is 5.92 Å². The number of imidazole rings is 1. The van der Waals surface area contributed by atoms with Crippen LogP contribution in [0.5, 0.6) is 5.75 Å². The van der Waals surface area contributed by atoms with Gasteiger partial charge in [0.25, 0.3) is 0 Å². The van der Waals surface area contributed by atoms with Crippen molar-refractivity contribution in [2.45, 2.75) is 50.9 Å². The summed E-state index contributed by atoms with van der Waals surface area (Å²) in [4.78, 5) is 30.4. The van der Waals surface area contributed by atoms with Crippen LogP contribution in [0.25, 0.3) is 0 Å². The Bertz CT molecular complexity index is 1340. The van der Waals surface area contributed by atoms with E-state index in [1.807, 2.05) is 12.3 Å². The summed E-state index contributed by atoms with van der Waals surface area (Å²) in [6.45, 7) is 0.627. The van der Waals surface area contributed by atoms with Crippen LogP contribution in [0.15, 0.2) is 54.7 Å². The number of amides is 1. The fourth-order valence-electron chi connectivity index (χ4n) is 5.50. The van der Waals surface area contributed by atoms with Crippen LogP contribution in [-0.4, -0.2) is 57.3 Å². The number of anilines is 1. The van der Waals surface area contributed by atoms with Gasteiger partial charge in [0.05, 0.1) is 30.7 Å². The molecule has 1 unspecified atom stereocenters. The molecule has 40 heavy (non-hydrogen) atoms. The lowest BCUT2D eigenvalue weighted by Crippen LogP contribution is -2.44. The number of alkyl halides is 3. The van der Waals surface area contributed by atoms with Crippen molar-refractivity contribution in [1.82, 2.24) is 14.5 Å². The highest BCUT2D eigenvalue weighted by Crippen LogP contribution is 2.38. The average Bonchev–Trinajstić information content (AvgIpc) is 3.29. The summed E-state index contributed by atoms with van der Waals surface area (Å²) in [7, 11) is 0. The summed E-state index contributed by atoms with van der Waals surface area (Å²) < 4.78 is 49.4. The van der Waals surface area contributed by atoms with Crippen LogP contribution in [0, 0.1) is 5.92 Å². The zero-order valence-corrected chi connectivity index (χ0v) is 21.9. The minimum atomic E-state index is -4.66. The van der Waals surface area contributed by atoms with Gasteiger partial charge in [0.15, 0.2) is 0 Å². The number of aliphatic carboxylic acids is 1. The molecular weight excluding hydrogens is 525 g/mol. The molecule has 5 rings (SSSR count). The van der Waals surface area contributed by atoms with Gasteiger partial charge in [-0.2, -0.15) is 13.2 Å². The van der Waals surface area contributed by atoms with Gasteiger partial charge in [0, 0.05) is 25.7 Å². The van der Waals surface area contributed by atoms with E-state index in [0.717, 1.165) is 41.6 Å². The molecule has 2 aromatic carbocycles. The van der Waals surface area contributed by atoms with Crippen LogP contribution >= 0.6 is 0 Å². The molecule has 0 saturated carbocycles. The lowest BCUT2D eigenvalue weighted by Gasteiger charge is -2.33. The van der Waals surface area contributed by atoms with Gasteiger partial charge >= 0.3 is 12.1 Å². The highest BCUT2D eigenvalue weighted by Gasteiger charge is 2.42. The number of nitrogens with zero attached hydrogens (tertiary/aromatic N) is 3. The zero-order valence-electron chi connectivity index (χ0n) is 21.9. The summed E-state index contributed by atoms with van der Waals surface area (Å²) in [5.41, 5.74) is 2.82. The molecule has 0 radical (unpaired) electrons. The van der Waals surface area contributed by atoms with Gasteiger partial charge in [-0.25, -0.2) is 4.98 Å². The number of carboxylic acid groups (broad SMARTS) is 1. The second-order valence-corrected chi connectivity index (χ2v) is 10.3. The van der Waals surface area contributed by atoms with Crippen LogP contribution in [-0.2, 0) is 35.4 Å². The van der Waals surface area contributed by atoms with Crippen molar-refractivity contribution in [1.29, 1.82) is 0 Å². The lowest BCUT2D eigenvalue weighted by atomic mass is 9.91. The Morgan fingerprint density at radius 1 is 1.18 bits per heavy atom. The number of ether oxygens (including phenoxy) is 1. The number of halogens is 3. The molecule has 2 aliphatic rings. The number of hydrogen-bond donors (Lipinski definition) is 2. The van der Waals surface area contributed by atoms with Crippen LogP contribution in [0.2, 0.25) is 0 Å². The molecule has 2 aliphatic heterocycles. The van der Waals surface area contributed by atoms with Crippen molar-refractivity contribution in [3.63, 3.8) is 0 Å². The quantitative estimate of drug-likeness (QED) is 0.399. The predicted molar refractivity (Wildman–Crippen MR) is 141 cm³/mol. The molecule has 1 amide bonds. The van der Waals surface area contributed by atoms with E-state index in [0.29, 0.717) is 29.9 Å². The maximum Gasteiger partial charge on any atom is 0.406 e. The van der Waals surface area contributed by atoms with Gasteiger partial charge in [-0.3, -0.25) is 9.59 Å². The standard InChI is InChI=1S/C29H31F3N4O4/c30-29(31,32)18-36-25(13-19-5-2-1-3-6-19)24-16-23(8-7-20(24)14-21(27(36)39)15-26(37)38)40-12-9-22-17-35-11-4-10-33-28(35)34-22/h1-3,5-8,16-17,21,25H,4,9-15,18H2,(H,33,34)(H,37,38)/t21-,25?/m0/s1. The van der Waals surface area contributed by atoms with E-state index in [4.69, 9.17) is 4.74 Å². The third-order valence-corrected chi connectivity index (χ3v) is 7.31. The Balaban J connectivity index is 1.44. The molecule has 0 fully saturated rings. The number of carboxylic acids is 1. The molecular formula is C29H31F3N4O4. The molecule has 8 nitrogen and oxygen atoms in total. The Morgan fingerprint density at radius 3 is 2.70 bits per heavy atom. The van der Waals surface area contributed by atoms with Crippen molar-refractivity contribution in [2.75, 3.05) is 25.0 Å². The molecule has 2 atom stereocenters. The predicted octanol–water partition coefficient (Wildman–Crippen LogP) is 4.64. The molecule has 212 valence electrons. The summed E-state index contributed by atoms with van der Waals surface area (Å²) >= 11 is 0. The number of carbonyl (C=O) groups is 2. The topological polar surface area (TPSA) is 96.7 Å². The van der Waals surface area contributed by atoms with Gasteiger partial charge in [-0.15, -0.1) is 0 Å². The summed E-state index contributed by atoms with van der Waals surface area (Å²) in [5, 5.41) is 12.7. The number of fused-ring (bicyclic) bond motifs is 2. The Kier molecular flexibility index (Phi) is 7.99. The molecule has 0 bridgehead atoms. The van der Waals surface area contributed by atoms with Crippen molar-refractivity contribution in [3.05, 3.63) is 77.1 Å². The second kappa shape index (κ2) is 11.6. The van der Waals surface area contributed by atoms with E-state index in [9.17, 15) is 27.9 Å². The number of carbonyl (C=O) groups excluding carboxylic acids is 1. The van der Waals surface area contributed by atoms with Crippen LogP contribution in [0.4, 0.5) is 19.1 Å². The monoisotopic (exact) mass is 556 g/mol. The van der Waals surface area contributed by atoms with Crippen LogP contribution in [0.1, 0.15) is 41.3 Å². The SMILES string of the molecule is O=C(O)C[C@@H]1Cc2ccc(OCCc3cn4c(n3)NCCC4)cc2C(Cc2ccccc2)N(CC(F)(F)F)C1=O. The van der Waals surface area contributed by atoms with E-state index < -0.39 is 43.0 Å². The molecule has 11 heteroatoms. The zero-order chi connectivity index (χ0) is 28.3. The fourth-order valence-corrected chi connectivity index (χ4v) is 5.50. The van der Waals surface area contributed by atoms with Crippen LogP contribution < -0.4 is 10.1 Å². The number of rotatable bonds is 9. The molecule has 3 aromatic rings. The summed E-state index contributed by atoms with van der Waals surface area (Å²) in [6, 6.07) is 13.2. The normalized spacial score (nSPS) is 18.9. The highest BCUT2D eigenvalue weighted by molar-refractivity contribution is 5.85. The first-order valence-electron chi connectivity index (χ1n) is 13.3. The first-order chi connectivity index (χ1) is 19.2. The Morgan fingerprint density at radius 2 is 1.98 bits per heavy atom. The van der Waals surface area contributed by atoms with Gasteiger partial charge in [-0.1, -0.05) is 36.4 Å². The van der Waals surface area contributed by atoms with Crippen molar-refractivity contribution >= 4 is 17.8 Å². The van der Waals surface area contributed by atoms with Crippen LogP contribution in [0.3, 0.4) is 0 Å². The third kappa shape index (κ3) is 6.57. The maximum atomic E-state index is 13.8. The van der Waals surface area contributed by atoms with Gasteiger partial charge < -0.3 is 24.6 Å². The second-order valence-electron chi connectivity index (χ2n) is 10.3. The van der Waals surface area contributed by atoms with E-state index in [2.05, 4.69) is 14.9 Å². The van der Waals surface area contributed by atoms with Gasteiger partial charge in [0.1, 0.15) is 12.3 Å². The molecule has 0 spiro atoms. The smallest absolute Gasteiger partial charge is 0.406 e. The molecule has 0 saturated heterocycles. The van der Waals surface area contributed by atoms with E-state index in [1.54, 1.807) is 42.5 Å². The van der Waals surface area contributed by atoms with E-state index >= 15 is 0 Å². The average molecular weight is 557 g/mol. The first-order valence-corrected chi connectivity index (χ1v) is 13.3. The number of benzene rings is 2. The summed E-state index contributed by atoms with van der Waals surface area (Å²) in [6.07, 6.45) is -1.46. The highest BCUT2D eigenvalue weighted by atomic mass is 19.4. The molecule has 0 aliphatic carbocycles. The first kappa shape index (κ1) is 27.5. The number of nitrogens with one attached hydrogen (secondary N) is 1. The minimum Gasteiger partial charge on any atom is -0.493 e. The third-order valence-electron chi connectivity index (χ3n) is 7.31. The maximum absolute atomic E-state index is 13.8. The van der Waals surface area contributed by atoms with Gasteiger partial charge in [0.2, 0.25) is 11.9 Å². The van der Waals surface area contributed by atoms with Gasteiger partial charge in [-0.05, 0) is 48.1 Å². The largest absolute Gasteiger partial charge is 0.493 e. The Hall–Kier alpha value is -4.02. The van der Waals surface area contributed by atoms with E-state index in [1.165, 1.54) is 0 Å². The minimum absolute atomic E-state index is 0.0353. The van der Waals surface area contributed by atoms with E-state index in [-0.39, 0.29) is 12.8 Å². The van der Waals surface area contributed by atoms with Crippen molar-refractivity contribution < 1.29 is 32.6 Å².